The molecule has 0 aromatic heterocycles. The number of benzene rings is 1. The maximum absolute atomic E-state index is 10.2. The van der Waals surface area contributed by atoms with E-state index in [9.17, 15) is 10.2 Å². The Morgan fingerprint density at radius 2 is 2.10 bits per heavy atom. The molecular formula is C18H27NO2. The Bertz CT molecular complexity index is 549. The first-order valence-corrected chi connectivity index (χ1v) is 7.99. The Labute approximate surface area is 127 Å². The van der Waals surface area contributed by atoms with Crippen molar-refractivity contribution in [1.82, 2.24) is 4.90 Å². The molecule has 3 heteroatoms. The molecule has 3 unspecified atom stereocenters. The highest BCUT2D eigenvalue weighted by Gasteiger charge is 2.48. The molecule has 1 aromatic rings. The number of piperidine rings is 1. The number of fused-ring (bicyclic) bond motifs is 4. The van der Waals surface area contributed by atoms with E-state index in [4.69, 9.17) is 0 Å². The summed E-state index contributed by atoms with van der Waals surface area (Å²) < 4.78 is 0. The molecule has 116 valence electrons. The summed E-state index contributed by atoms with van der Waals surface area (Å²) in [5.41, 5.74) is 2.17. The molecule has 1 aliphatic heterocycles. The first-order chi connectivity index (χ1) is 9.71. The van der Waals surface area contributed by atoms with Crippen LogP contribution < -0.4 is 0 Å². The average molecular weight is 289 g/mol. The zero-order chi connectivity index (χ0) is 15.4. The second-order valence-electron chi connectivity index (χ2n) is 7.85. The molecule has 21 heavy (non-hydrogen) atoms. The van der Waals surface area contributed by atoms with Crippen LogP contribution in [0.4, 0.5) is 0 Å². The number of hydrogen-bond acceptors (Lipinski definition) is 3. The summed E-state index contributed by atoms with van der Waals surface area (Å²) in [6, 6.07) is 6.32. The van der Waals surface area contributed by atoms with E-state index in [1.54, 1.807) is 6.07 Å². The van der Waals surface area contributed by atoms with E-state index in [0.29, 0.717) is 17.7 Å². The van der Waals surface area contributed by atoms with Gasteiger partial charge in [-0.15, -0.1) is 0 Å². The van der Waals surface area contributed by atoms with Gasteiger partial charge >= 0.3 is 0 Å². The highest BCUT2D eigenvalue weighted by atomic mass is 16.3. The SMILES string of the molecule is CC1C2Cc3ccc(O)cc3C1(C)CCN2CC(C)(C)O. The molecule has 0 amide bonds. The fraction of sp³-hybridized carbons (Fsp3) is 0.667. The number of β-amino-alcohol motifs (C(OH)–C–C–N with tert-alkyl or cyclic N) is 1. The van der Waals surface area contributed by atoms with Gasteiger partial charge in [0.1, 0.15) is 5.75 Å². The minimum Gasteiger partial charge on any atom is -0.508 e. The fourth-order valence-corrected chi connectivity index (χ4v) is 4.39. The third kappa shape index (κ3) is 2.47. The van der Waals surface area contributed by atoms with Crippen LogP contribution in [-0.4, -0.2) is 39.8 Å². The Morgan fingerprint density at radius 3 is 2.76 bits per heavy atom. The summed E-state index contributed by atoms with van der Waals surface area (Å²) in [5, 5.41) is 20.0. The molecule has 2 aliphatic rings. The molecule has 2 N–H and O–H groups in total. The quantitative estimate of drug-likeness (QED) is 0.880. The molecule has 1 saturated heterocycles. The molecule has 0 radical (unpaired) electrons. The molecule has 3 rings (SSSR count). The van der Waals surface area contributed by atoms with Crippen LogP contribution in [0, 0.1) is 5.92 Å². The van der Waals surface area contributed by atoms with Crippen molar-refractivity contribution in [3.05, 3.63) is 29.3 Å². The normalized spacial score (nSPS) is 32.8. The number of aliphatic hydroxyl groups is 1. The van der Waals surface area contributed by atoms with Crippen LogP contribution in [0.5, 0.6) is 5.75 Å². The van der Waals surface area contributed by atoms with Crippen molar-refractivity contribution in [3.63, 3.8) is 0 Å². The Balaban J connectivity index is 1.98. The lowest BCUT2D eigenvalue weighted by molar-refractivity contribution is -0.0297. The average Bonchev–Trinajstić information content (AvgIpc) is 2.37. The number of nitrogens with zero attached hydrogens (tertiary/aromatic N) is 1. The molecule has 3 nitrogen and oxygen atoms in total. The van der Waals surface area contributed by atoms with E-state index in [-0.39, 0.29) is 5.41 Å². The van der Waals surface area contributed by atoms with Gasteiger partial charge in [0, 0.05) is 12.6 Å². The van der Waals surface area contributed by atoms with Crippen LogP contribution in [-0.2, 0) is 11.8 Å². The maximum atomic E-state index is 10.2. The van der Waals surface area contributed by atoms with Crippen LogP contribution >= 0.6 is 0 Å². The highest BCUT2D eigenvalue weighted by Crippen LogP contribution is 2.49. The van der Waals surface area contributed by atoms with E-state index in [1.807, 2.05) is 19.9 Å². The van der Waals surface area contributed by atoms with E-state index < -0.39 is 5.60 Å². The molecule has 0 spiro atoms. The zero-order valence-electron chi connectivity index (χ0n) is 13.6. The van der Waals surface area contributed by atoms with Crippen LogP contribution in [0.3, 0.4) is 0 Å². The van der Waals surface area contributed by atoms with Gasteiger partial charge in [-0.2, -0.15) is 0 Å². The van der Waals surface area contributed by atoms with Crippen molar-refractivity contribution in [3.8, 4) is 5.75 Å². The number of rotatable bonds is 2. The topological polar surface area (TPSA) is 43.7 Å². The third-order valence-electron chi connectivity index (χ3n) is 5.70. The van der Waals surface area contributed by atoms with Gasteiger partial charge in [0.15, 0.2) is 0 Å². The van der Waals surface area contributed by atoms with Gasteiger partial charge in [-0.1, -0.05) is 19.9 Å². The van der Waals surface area contributed by atoms with E-state index in [0.717, 1.165) is 25.9 Å². The predicted molar refractivity (Wildman–Crippen MR) is 84.6 cm³/mol. The van der Waals surface area contributed by atoms with Gasteiger partial charge in [0.25, 0.3) is 0 Å². The molecule has 2 bridgehead atoms. The lowest BCUT2D eigenvalue weighted by Crippen LogP contribution is -2.60. The zero-order valence-corrected chi connectivity index (χ0v) is 13.6. The molecule has 3 atom stereocenters. The lowest BCUT2D eigenvalue weighted by atomic mass is 9.59. The van der Waals surface area contributed by atoms with Crippen LogP contribution in [0.1, 0.15) is 45.2 Å². The Hall–Kier alpha value is -1.06. The smallest absolute Gasteiger partial charge is 0.115 e. The predicted octanol–water partition coefficient (Wildman–Crippen LogP) is 2.69. The molecular weight excluding hydrogens is 262 g/mol. The monoisotopic (exact) mass is 289 g/mol. The summed E-state index contributed by atoms with van der Waals surface area (Å²) in [5.74, 6) is 0.905. The van der Waals surface area contributed by atoms with E-state index in [1.165, 1.54) is 11.1 Å². The number of likely N-dealkylation sites (tertiary alicyclic amines) is 1. The highest BCUT2D eigenvalue weighted by molar-refractivity contribution is 5.44. The molecule has 1 heterocycles. The second-order valence-corrected chi connectivity index (χ2v) is 7.85. The summed E-state index contributed by atoms with van der Waals surface area (Å²) in [7, 11) is 0. The van der Waals surface area contributed by atoms with Crippen LogP contribution in [0.15, 0.2) is 18.2 Å². The summed E-state index contributed by atoms with van der Waals surface area (Å²) in [6.07, 6.45) is 2.10. The fourth-order valence-electron chi connectivity index (χ4n) is 4.39. The van der Waals surface area contributed by atoms with E-state index in [2.05, 4.69) is 24.8 Å². The summed E-state index contributed by atoms with van der Waals surface area (Å²) in [6.45, 7) is 10.2. The van der Waals surface area contributed by atoms with Gasteiger partial charge in [-0.3, -0.25) is 4.90 Å². The Kier molecular flexibility index (Phi) is 3.34. The largest absolute Gasteiger partial charge is 0.508 e. The number of aromatic hydroxyl groups is 1. The minimum atomic E-state index is -0.650. The van der Waals surface area contributed by atoms with Crippen molar-refractivity contribution in [1.29, 1.82) is 0 Å². The van der Waals surface area contributed by atoms with Crippen molar-refractivity contribution >= 4 is 0 Å². The third-order valence-corrected chi connectivity index (χ3v) is 5.70. The van der Waals surface area contributed by atoms with Gasteiger partial charge in [0.2, 0.25) is 0 Å². The van der Waals surface area contributed by atoms with Crippen molar-refractivity contribution in [2.24, 2.45) is 5.92 Å². The van der Waals surface area contributed by atoms with Crippen LogP contribution in [0.25, 0.3) is 0 Å². The molecule has 1 aliphatic carbocycles. The van der Waals surface area contributed by atoms with Crippen molar-refractivity contribution in [2.75, 3.05) is 13.1 Å². The lowest BCUT2D eigenvalue weighted by Gasteiger charge is -2.55. The number of hydrogen-bond donors (Lipinski definition) is 2. The van der Waals surface area contributed by atoms with Gasteiger partial charge in [0.05, 0.1) is 5.60 Å². The van der Waals surface area contributed by atoms with Gasteiger partial charge in [-0.05, 0) is 67.8 Å². The van der Waals surface area contributed by atoms with Crippen LogP contribution in [0.2, 0.25) is 0 Å². The Morgan fingerprint density at radius 1 is 1.38 bits per heavy atom. The van der Waals surface area contributed by atoms with E-state index >= 15 is 0 Å². The standard InChI is InChI=1S/C18H27NO2/c1-12-16-9-13-5-6-14(20)10-15(13)18(12,4)7-8-19(16)11-17(2,3)21/h5-6,10,12,16,20-21H,7-9,11H2,1-4H3. The van der Waals surface area contributed by atoms with Gasteiger partial charge < -0.3 is 10.2 Å². The van der Waals surface area contributed by atoms with Crippen molar-refractivity contribution in [2.45, 2.75) is 57.6 Å². The number of phenols is 1. The summed E-state index contributed by atoms with van der Waals surface area (Å²) in [4.78, 5) is 2.46. The first kappa shape index (κ1) is 14.9. The summed E-state index contributed by atoms with van der Waals surface area (Å²) >= 11 is 0. The first-order valence-electron chi connectivity index (χ1n) is 7.99. The minimum absolute atomic E-state index is 0.132. The maximum Gasteiger partial charge on any atom is 0.115 e. The number of phenolic OH excluding ortho intramolecular Hbond substituents is 1. The molecule has 1 fully saturated rings. The molecule has 1 aromatic carbocycles. The van der Waals surface area contributed by atoms with Crippen molar-refractivity contribution < 1.29 is 10.2 Å². The molecule has 0 saturated carbocycles. The second kappa shape index (κ2) is 4.72. The van der Waals surface area contributed by atoms with Gasteiger partial charge in [-0.25, -0.2) is 0 Å².